The van der Waals surface area contributed by atoms with E-state index in [0.717, 1.165) is 62.0 Å². The first kappa shape index (κ1) is 37.2. The lowest BCUT2D eigenvalue weighted by molar-refractivity contribution is -0.154. The Labute approximate surface area is 296 Å². The second kappa shape index (κ2) is 15.4. The molecule has 0 aliphatic carbocycles. The fourth-order valence-corrected chi connectivity index (χ4v) is 7.58. The summed E-state index contributed by atoms with van der Waals surface area (Å²) < 4.78 is 37.7. The molecule has 2 fully saturated rings. The van der Waals surface area contributed by atoms with E-state index >= 15 is 0 Å². The van der Waals surface area contributed by atoms with E-state index in [1.165, 1.54) is 28.1 Å². The third-order valence-electron chi connectivity index (χ3n) is 9.48. The summed E-state index contributed by atoms with van der Waals surface area (Å²) in [6.45, 7) is 12.1. The molecular formula is C37H52N6O6S. The zero-order valence-electron chi connectivity index (χ0n) is 30.3. The number of amides is 1. The zero-order valence-corrected chi connectivity index (χ0v) is 31.1. The maximum atomic E-state index is 13.3. The van der Waals surface area contributed by atoms with Crippen LogP contribution >= 0.6 is 0 Å². The van der Waals surface area contributed by atoms with Gasteiger partial charge in [-0.3, -0.25) is 14.4 Å². The molecule has 2 aliphatic rings. The second-order valence-electron chi connectivity index (χ2n) is 14.6. The molecule has 2 saturated heterocycles. The van der Waals surface area contributed by atoms with E-state index in [-0.39, 0.29) is 23.4 Å². The van der Waals surface area contributed by atoms with Gasteiger partial charge in [-0.2, -0.15) is 4.68 Å². The Morgan fingerprint density at radius 2 is 1.74 bits per heavy atom. The predicted octanol–water partition coefficient (Wildman–Crippen LogP) is 5.80. The van der Waals surface area contributed by atoms with Crippen molar-refractivity contribution in [3.05, 3.63) is 71.4 Å². The molecule has 0 bridgehead atoms. The van der Waals surface area contributed by atoms with E-state index in [1.54, 1.807) is 12.0 Å². The van der Waals surface area contributed by atoms with Crippen molar-refractivity contribution in [3.63, 3.8) is 0 Å². The molecule has 272 valence electrons. The van der Waals surface area contributed by atoms with Crippen molar-refractivity contribution < 1.29 is 27.5 Å². The van der Waals surface area contributed by atoms with Gasteiger partial charge in [0, 0.05) is 62.6 Å². The number of nitrogens with zero attached hydrogens (tertiary/aromatic N) is 5. The number of rotatable bonds is 12. The number of piperidine rings is 1. The van der Waals surface area contributed by atoms with Crippen molar-refractivity contribution in [1.29, 1.82) is 0 Å². The highest BCUT2D eigenvalue weighted by molar-refractivity contribution is 7.92. The molecule has 1 spiro atoms. The van der Waals surface area contributed by atoms with Gasteiger partial charge in [0.25, 0.3) is 0 Å². The Hall–Kier alpha value is -4.10. The van der Waals surface area contributed by atoms with E-state index in [9.17, 15) is 18.0 Å². The number of sulfonamides is 1. The Morgan fingerprint density at radius 1 is 1.02 bits per heavy atom. The standard InChI is InChI=1S/C37H52N6O6S/c1-28-10-13-30(32(25-28)41(20-7-9-34(44)49-36(2,3)4)26-29-11-14-31(48-5)15-12-29)27-42-21-8-17-37(42)18-23-40(24-19-37)35(45)43-22-16-33(38-43)39-50(6,46)47/h10-16,22,25H,7-9,17-21,23-24,26-27H2,1-6H3,(H,38,39). The number of esters is 1. The Bertz CT molecular complexity index is 1740. The van der Waals surface area contributed by atoms with Gasteiger partial charge in [-0.1, -0.05) is 24.3 Å². The molecule has 0 radical (unpaired) electrons. The number of carbonyl (C=O) groups excluding carboxylic acids is 2. The summed E-state index contributed by atoms with van der Waals surface area (Å²) in [5.41, 5.74) is 4.21. The Balaban J connectivity index is 1.31. The van der Waals surface area contributed by atoms with E-state index in [0.29, 0.717) is 39.0 Å². The molecule has 2 aliphatic heterocycles. The van der Waals surface area contributed by atoms with Crippen LogP contribution < -0.4 is 14.4 Å². The largest absolute Gasteiger partial charge is 0.497 e. The number of anilines is 2. The van der Waals surface area contributed by atoms with Crippen molar-refractivity contribution in [2.75, 3.05) is 49.2 Å². The predicted molar refractivity (Wildman–Crippen MR) is 195 cm³/mol. The van der Waals surface area contributed by atoms with Crippen LogP contribution in [0.1, 0.15) is 76.0 Å². The smallest absolute Gasteiger partial charge is 0.344 e. The number of benzene rings is 2. The first-order valence-electron chi connectivity index (χ1n) is 17.4. The second-order valence-corrected chi connectivity index (χ2v) is 16.4. The fraction of sp³-hybridized carbons (Fsp3) is 0.541. The van der Waals surface area contributed by atoms with E-state index in [1.807, 2.05) is 32.9 Å². The molecule has 2 aromatic carbocycles. The van der Waals surface area contributed by atoms with Crippen LogP contribution in [0, 0.1) is 6.92 Å². The lowest BCUT2D eigenvalue weighted by atomic mass is 9.84. The first-order chi connectivity index (χ1) is 23.6. The molecule has 5 rings (SSSR count). The van der Waals surface area contributed by atoms with Gasteiger partial charge in [0.15, 0.2) is 5.82 Å². The summed E-state index contributed by atoms with van der Waals surface area (Å²) >= 11 is 0. The average molecular weight is 709 g/mol. The maximum absolute atomic E-state index is 13.3. The Morgan fingerprint density at radius 3 is 2.40 bits per heavy atom. The minimum absolute atomic E-state index is 0.0103. The van der Waals surface area contributed by atoms with Gasteiger partial charge in [0.1, 0.15) is 11.4 Å². The molecule has 3 heterocycles. The van der Waals surface area contributed by atoms with Crippen molar-refractivity contribution >= 4 is 33.5 Å². The van der Waals surface area contributed by atoms with Crippen molar-refractivity contribution in [2.24, 2.45) is 0 Å². The number of hydrogen-bond acceptors (Lipinski definition) is 9. The summed E-state index contributed by atoms with van der Waals surface area (Å²) in [5.74, 6) is 0.747. The van der Waals surface area contributed by atoms with Gasteiger partial charge < -0.3 is 19.3 Å². The van der Waals surface area contributed by atoms with Gasteiger partial charge >= 0.3 is 12.0 Å². The van der Waals surface area contributed by atoms with E-state index in [2.05, 4.69) is 56.9 Å². The normalized spacial score (nSPS) is 16.4. The SMILES string of the molecule is COc1ccc(CN(CCCC(=O)OC(C)(C)C)c2cc(C)ccc2CN2CCCC23CCN(C(=O)n2ccc(NS(C)(=O)=O)n2)CC3)cc1. The number of aryl methyl sites for hydroxylation is 1. The number of methoxy groups -OCH3 is 1. The minimum Gasteiger partial charge on any atom is -0.497 e. The molecular weight excluding hydrogens is 657 g/mol. The molecule has 3 aromatic rings. The summed E-state index contributed by atoms with van der Waals surface area (Å²) in [6, 6.07) is 16.0. The molecule has 0 unspecified atom stereocenters. The highest BCUT2D eigenvalue weighted by Crippen LogP contribution is 2.41. The third-order valence-corrected chi connectivity index (χ3v) is 10.1. The number of likely N-dealkylation sites (tertiary alicyclic amines) is 2. The summed E-state index contributed by atoms with van der Waals surface area (Å²) in [5, 5.41) is 4.14. The van der Waals surface area contributed by atoms with Crippen LogP contribution in [-0.2, 0) is 32.6 Å². The lowest BCUT2D eigenvalue weighted by Gasteiger charge is -2.45. The van der Waals surface area contributed by atoms with Gasteiger partial charge in [0.2, 0.25) is 10.0 Å². The van der Waals surface area contributed by atoms with Gasteiger partial charge in [0.05, 0.1) is 13.4 Å². The van der Waals surface area contributed by atoms with Crippen LogP contribution in [0.2, 0.25) is 0 Å². The van der Waals surface area contributed by atoms with Gasteiger partial charge in [-0.25, -0.2) is 13.2 Å². The van der Waals surface area contributed by atoms with E-state index in [4.69, 9.17) is 9.47 Å². The molecule has 1 aromatic heterocycles. The van der Waals surface area contributed by atoms with Crippen molar-refractivity contribution in [1.82, 2.24) is 19.6 Å². The zero-order chi connectivity index (χ0) is 36.1. The minimum atomic E-state index is -3.49. The summed E-state index contributed by atoms with van der Waals surface area (Å²) in [4.78, 5) is 32.7. The highest BCUT2D eigenvalue weighted by Gasteiger charge is 2.44. The lowest BCUT2D eigenvalue weighted by Crippen LogP contribution is -2.53. The fourth-order valence-electron chi connectivity index (χ4n) is 7.09. The van der Waals surface area contributed by atoms with Crippen LogP contribution in [0.15, 0.2) is 54.7 Å². The van der Waals surface area contributed by atoms with Crippen LogP contribution in [0.4, 0.5) is 16.3 Å². The average Bonchev–Trinajstić information content (AvgIpc) is 3.66. The molecule has 1 amide bonds. The summed E-state index contributed by atoms with van der Waals surface area (Å²) in [6.07, 6.45) is 7.42. The van der Waals surface area contributed by atoms with E-state index < -0.39 is 15.6 Å². The van der Waals surface area contributed by atoms with Gasteiger partial charge in [-0.05, 0) is 101 Å². The number of hydrogen-bond donors (Lipinski definition) is 1. The first-order valence-corrected chi connectivity index (χ1v) is 19.3. The topological polar surface area (TPSA) is 126 Å². The summed E-state index contributed by atoms with van der Waals surface area (Å²) in [7, 11) is -1.82. The van der Waals surface area contributed by atoms with Crippen LogP contribution in [-0.4, -0.2) is 90.7 Å². The monoisotopic (exact) mass is 708 g/mol. The highest BCUT2D eigenvalue weighted by atomic mass is 32.2. The number of ether oxygens (including phenoxy) is 2. The Kier molecular flexibility index (Phi) is 11.5. The number of carbonyl (C=O) groups is 2. The van der Waals surface area contributed by atoms with Crippen LogP contribution in [0.3, 0.4) is 0 Å². The van der Waals surface area contributed by atoms with Gasteiger partial charge in [-0.15, -0.1) is 5.10 Å². The number of nitrogens with one attached hydrogen (secondary N) is 1. The van der Waals surface area contributed by atoms with Crippen LogP contribution in [0.25, 0.3) is 0 Å². The van der Waals surface area contributed by atoms with Crippen LogP contribution in [0.5, 0.6) is 5.75 Å². The molecule has 0 saturated carbocycles. The maximum Gasteiger partial charge on any atom is 0.344 e. The molecule has 50 heavy (non-hydrogen) atoms. The molecule has 0 atom stereocenters. The molecule has 13 heteroatoms. The molecule has 12 nitrogen and oxygen atoms in total. The third kappa shape index (κ3) is 9.78. The number of aromatic nitrogens is 2. The van der Waals surface area contributed by atoms with Crippen molar-refractivity contribution in [3.8, 4) is 5.75 Å². The molecule has 1 N–H and O–H groups in total. The quantitative estimate of drug-likeness (QED) is 0.233. The van der Waals surface area contributed by atoms with Crippen molar-refractivity contribution in [2.45, 2.75) is 90.4 Å².